The molecule has 0 heterocycles. The summed E-state index contributed by atoms with van der Waals surface area (Å²) in [5, 5.41) is 5.69. The van der Waals surface area contributed by atoms with E-state index in [-0.39, 0.29) is 30.8 Å². The van der Waals surface area contributed by atoms with Gasteiger partial charge in [-0.25, -0.2) is 0 Å². The van der Waals surface area contributed by atoms with E-state index in [1.165, 1.54) is 0 Å². The van der Waals surface area contributed by atoms with Gasteiger partial charge in [0.15, 0.2) is 0 Å². The average Bonchev–Trinajstić information content (AvgIpc) is 2.36. The van der Waals surface area contributed by atoms with Crippen LogP contribution in [-0.2, 0) is 9.59 Å². The van der Waals surface area contributed by atoms with Gasteiger partial charge >= 0.3 is 0 Å². The van der Waals surface area contributed by atoms with Gasteiger partial charge in [0.05, 0.1) is 6.54 Å². The molecule has 4 N–H and O–H groups in total. The standard InChI is InChI=1S/C12H23N3O2.ClH/c1-2-8-14-11(17)12(15-10(16)9-13)6-4-3-5-7-12;/h2-9,13H2,1H3,(H,14,17)(H,15,16);1H. The van der Waals surface area contributed by atoms with Gasteiger partial charge in [-0.2, -0.15) is 0 Å². The summed E-state index contributed by atoms with van der Waals surface area (Å²) in [6.45, 7) is 2.59. The van der Waals surface area contributed by atoms with Crippen molar-refractivity contribution in [2.24, 2.45) is 5.73 Å². The first-order valence-electron chi connectivity index (χ1n) is 6.44. The molecular weight excluding hydrogens is 254 g/mol. The van der Waals surface area contributed by atoms with Crippen molar-refractivity contribution in [2.45, 2.75) is 51.0 Å². The number of carbonyl (C=O) groups is 2. The van der Waals surface area contributed by atoms with Crippen LogP contribution >= 0.6 is 12.4 Å². The zero-order chi connectivity index (χ0) is 12.7. The van der Waals surface area contributed by atoms with E-state index in [1.807, 2.05) is 6.92 Å². The molecule has 1 saturated carbocycles. The van der Waals surface area contributed by atoms with Crippen LogP contribution < -0.4 is 16.4 Å². The lowest BCUT2D eigenvalue weighted by molar-refractivity contribution is -0.134. The molecule has 0 radical (unpaired) electrons. The molecule has 0 atom stereocenters. The summed E-state index contributed by atoms with van der Waals surface area (Å²) in [7, 11) is 0. The lowest BCUT2D eigenvalue weighted by atomic mass is 9.80. The Labute approximate surface area is 115 Å². The Bertz CT molecular complexity index is 278. The van der Waals surface area contributed by atoms with Gasteiger partial charge in [-0.3, -0.25) is 9.59 Å². The molecule has 18 heavy (non-hydrogen) atoms. The molecule has 0 bridgehead atoms. The monoisotopic (exact) mass is 277 g/mol. The molecule has 0 spiro atoms. The Balaban J connectivity index is 0.00000289. The van der Waals surface area contributed by atoms with Crippen LogP contribution in [0, 0.1) is 0 Å². The smallest absolute Gasteiger partial charge is 0.245 e. The maximum Gasteiger partial charge on any atom is 0.245 e. The molecule has 1 aliphatic carbocycles. The van der Waals surface area contributed by atoms with Crippen molar-refractivity contribution in [1.82, 2.24) is 10.6 Å². The second kappa shape index (κ2) is 8.32. The third-order valence-corrected chi connectivity index (χ3v) is 3.24. The molecule has 0 saturated heterocycles. The third-order valence-electron chi connectivity index (χ3n) is 3.24. The van der Waals surface area contributed by atoms with Crippen LogP contribution in [0.25, 0.3) is 0 Å². The normalized spacial score (nSPS) is 17.4. The minimum atomic E-state index is -0.718. The van der Waals surface area contributed by atoms with Gasteiger partial charge in [-0.1, -0.05) is 26.2 Å². The fourth-order valence-corrected chi connectivity index (χ4v) is 2.29. The van der Waals surface area contributed by atoms with Gasteiger partial charge < -0.3 is 16.4 Å². The van der Waals surface area contributed by atoms with E-state index in [0.717, 1.165) is 25.7 Å². The first-order chi connectivity index (χ1) is 8.14. The Morgan fingerprint density at radius 1 is 1.22 bits per heavy atom. The average molecular weight is 278 g/mol. The van der Waals surface area contributed by atoms with E-state index in [4.69, 9.17) is 5.73 Å². The molecule has 0 aromatic carbocycles. The van der Waals surface area contributed by atoms with Crippen LogP contribution in [0.4, 0.5) is 0 Å². The van der Waals surface area contributed by atoms with Crippen molar-refractivity contribution in [2.75, 3.05) is 13.1 Å². The summed E-state index contributed by atoms with van der Waals surface area (Å²) in [5.74, 6) is -0.306. The summed E-state index contributed by atoms with van der Waals surface area (Å²) in [4.78, 5) is 23.6. The highest BCUT2D eigenvalue weighted by Crippen LogP contribution is 2.28. The predicted octanol–water partition coefficient (Wildman–Crippen LogP) is 0.712. The lowest BCUT2D eigenvalue weighted by Crippen LogP contribution is -2.60. The molecule has 0 unspecified atom stereocenters. The Morgan fingerprint density at radius 3 is 2.33 bits per heavy atom. The molecule has 1 fully saturated rings. The summed E-state index contributed by atoms with van der Waals surface area (Å²) in [6.07, 6.45) is 5.41. The Morgan fingerprint density at radius 2 is 1.83 bits per heavy atom. The molecule has 2 amide bonds. The molecule has 6 heteroatoms. The molecule has 5 nitrogen and oxygen atoms in total. The number of hydrogen-bond acceptors (Lipinski definition) is 3. The summed E-state index contributed by atoms with van der Waals surface area (Å²) < 4.78 is 0. The van der Waals surface area contributed by atoms with E-state index >= 15 is 0 Å². The SMILES string of the molecule is CCCNC(=O)C1(NC(=O)CN)CCCCC1.Cl. The fourth-order valence-electron chi connectivity index (χ4n) is 2.29. The molecule has 0 aromatic heterocycles. The number of hydrogen-bond donors (Lipinski definition) is 3. The van der Waals surface area contributed by atoms with Crippen LogP contribution in [-0.4, -0.2) is 30.4 Å². The number of rotatable bonds is 5. The van der Waals surface area contributed by atoms with E-state index in [9.17, 15) is 9.59 Å². The second-order valence-electron chi connectivity index (χ2n) is 4.65. The van der Waals surface area contributed by atoms with Crippen molar-refractivity contribution in [1.29, 1.82) is 0 Å². The van der Waals surface area contributed by atoms with Gasteiger partial charge in [0.1, 0.15) is 5.54 Å². The summed E-state index contributed by atoms with van der Waals surface area (Å²) >= 11 is 0. The molecule has 0 aromatic rings. The van der Waals surface area contributed by atoms with Crippen molar-refractivity contribution >= 4 is 24.2 Å². The minimum absolute atomic E-state index is 0. The van der Waals surface area contributed by atoms with E-state index < -0.39 is 5.54 Å². The first-order valence-corrected chi connectivity index (χ1v) is 6.44. The van der Waals surface area contributed by atoms with Crippen LogP contribution in [0.15, 0.2) is 0 Å². The maximum atomic E-state index is 12.2. The minimum Gasteiger partial charge on any atom is -0.354 e. The highest BCUT2D eigenvalue weighted by molar-refractivity contribution is 5.92. The largest absolute Gasteiger partial charge is 0.354 e. The molecule has 1 rings (SSSR count). The van der Waals surface area contributed by atoms with Crippen molar-refractivity contribution in [3.63, 3.8) is 0 Å². The van der Waals surface area contributed by atoms with E-state index in [1.54, 1.807) is 0 Å². The number of halogens is 1. The molecule has 106 valence electrons. The Hall–Kier alpha value is -0.810. The van der Waals surface area contributed by atoms with E-state index in [2.05, 4.69) is 10.6 Å². The number of nitrogens with one attached hydrogen (secondary N) is 2. The maximum absolute atomic E-state index is 12.2. The molecule has 1 aliphatic rings. The summed E-state index contributed by atoms with van der Waals surface area (Å²) in [6, 6.07) is 0. The van der Waals surface area contributed by atoms with E-state index in [0.29, 0.717) is 19.4 Å². The van der Waals surface area contributed by atoms with Crippen LogP contribution in [0.1, 0.15) is 45.4 Å². The topological polar surface area (TPSA) is 84.2 Å². The number of amides is 2. The van der Waals surface area contributed by atoms with Gasteiger partial charge in [0.2, 0.25) is 11.8 Å². The molecular formula is C12H24ClN3O2. The third kappa shape index (κ3) is 4.46. The van der Waals surface area contributed by atoms with Crippen LogP contribution in [0.5, 0.6) is 0 Å². The van der Waals surface area contributed by atoms with Crippen molar-refractivity contribution < 1.29 is 9.59 Å². The van der Waals surface area contributed by atoms with Gasteiger partial charge in [-0.15, -0.1) is 12.4 Å². The van der Waals surface area contributed by atoms with Gasteiger partial charge in [0, 0.05) is 6.54 Å². The first kappa shape index (κ1) is 17.2. The summed E-state index contributed by atoms with van der Waals surface area (Å²) in [5.41, 5.74) is 4.59. The van der Waals surface area contributed by atoms with Crippen LogP contribution in [0.3, 0.4) is 0 Å². The molecule has 0 aliphatic heterocycles. The highest BCUT2D eigenvalue weighted by Gasteiger charge is 2.40. The number of nitrogens with two attached hydrogens (primary N) is 1. The van der Waals surface area contributed by atoms with Gasteiger partial charge in [-0.05, 0) is 19.3 Å². The Kier molecular flexibility index (Phi) is 7.95. The van der Waals surface area contributed by atoms with Crippen molar-refractivity contribution in [3.8, 4) is 0 Å². The zero-order valence-corrected chi connectivity index (χ0v) is 11.8. The zero-order valence-electron chi connectivity index (χ0n) is 11.0. The predicted molar refractivity (Wildman–Crippen MR) is 73.6 cm³/mol. The quantitative estimate of drug-likeness (QED) is 0.692. The lowest BCUT2D eigenvalue weighted by Gasteiger charge is -2.36. The van der Waals surface area contributed by atoms with Crippen molar-refractivity contribution in [3.05, 3.63) is 0 Å². The highest BCUT2D eigenvalue weighted by atomic mass is 35.5. The fraction of sp³-hybridized carbons (Fsp3) is 0.833. The van der Waals surface area contributed by atoms with Gasteiger partial charge in [0.25, 0.3) is 0 Å². The number of carbonyl (C=O) groups excluding carboxylic acids is 2. The van der Waals surface area contributed by atoms with Crippen LogP contribution in [0.2, 0.25) is 0 Å². The second-order valence-corrected chi connectivity index (χ2v) is 4.65.